The van der Waals surface area contributed by atoms with E-state index >= 15 is 0 Å². The molecule has 10 nitrogen and oxygen atoms in total. The molecular formula is C17H17N5O5. The van der Waals surface area contributed by atoms with Crippen LogP contribution in [0, 0.1) is 28.4 Å². The number of phenolic OH excluding ortho intramolecular Hbond substituents is 1. The molecule has 0 atom stereocenters. The van der Waals surface area contributed by atoms with Gasteiger partial charge >= 0.3 is 0 Å². The zero-order valence-corrected chi connectivity index (χ0v) is 14.7. The highest BCUT2D eigenvalue weighted by Crippen LogP contribution is 2.33. The third-order valence-corrected chi connectivity index (χ3v) is 3.93. The molecule has 140 valence electrons. The van der Waals surface area contributed by atoms with Crippen LogP contribution in [-0.4, -0.2) is 19.7 Å². The van der Waals surface area contributed by atoms with Gasteiger partial charge in [0, 0.05) is 24.2 Å². The quantitative estimate of drug-likeness (QED) is 0.449. The SMILES string of the molecule is CCCCn1c(O)c(C#N)c(C)c(N=Nc2cc([N+](=O)[O-])ccc2O)c1=O. The van der Waals surface area contributed by atoms with E-state index in [0.29, 0.717) is 6.42 Å². The Hall–Kier alpha value is -3.74. The Balaban J connectivity index is 2.61. The zero-order chi connectivity index (χ0) is 20.1. The van der Waals surface area contributed by atoms with Gasteiger partial charge in [0.2, 0.25) is 5.88 Å². The molecule has 1 aromatic heterocycles. The summed E-state index contributed by atoms with van der Waals surface area (Å²) in [5.74, 6) is -0.793. The Labute approximate surface area is 153 Å². The lowest BCUT2D eigenvalue weighted by atomic mass is 10.1. The number of nitriles is 1. The van der Waals surface area contributed by atoms with Crippen LogP contribution in [0.5, 0.6) is 11.6 Å². The average Bonchev–Trinajstić information content (AvgIpc) is 2.63. The fourth-order valence-corrected chi connectivity index (χ4v) is 2.39. The number of non-ortho nitro benzene ring substituents is 1. The van der Waals surface area contributed by atoms with Gasteiger partial charge in [-0.1, -0.05) is 13.3 Å². The molecule has 0 aliphatic heterocycles. The molecule has 0 radical (unpaired) electrons. The third-order valence-electron chi connectivity index (χ3n) is 3.93. The average molecular weight is 371 g/mol. The predicted octanol–water partition coefficient (Wildman–Crippen LogP) is 3.56. The molecule has 1 heterocycles. The molecule has 0 aliphatic rings. The van der Waals surface area contributed by atoms with Crippen molar-refractivity contribution in [2.45, 2.75) is 33.2 Å². The maximum atomic E-state index is 12.6. The molecule has 2 aromatic rings. The molecule has 2 N–H and O–H groups in total. The van der Waals surface area contributed by atoms with E-state index in [0.717, 1.165) is 29.2 Å². The molecule has 27 heavy (non-hydrogen) atoms. The first kappa shape index (κ1) is 19.6. The lowest BCUT2D eigenvalue weighted by molar-refractivity contribution is -0.384. The normalized spacial score (nSPS) is 10.9. The van der Waals surface area contributed by atoms with E-state index in [4.69, 9.17) is 0 Å². The van der Waals surface area contributed by atoms with Crippen LogP contribution in [0.4, 0.5) is 17.1 Å². The number of pyridine rings is 1. The van der Waals surface area contributed by atoms with Crippen LogP contribution in [-0.2, 0) is 6.54 Å². The number of benzene rings is 1. The summed E-state index contributed by atoms with van der Waals surface area (Å²) in [5, 5.41) is 47.6. The molecule has 0 unspecified atom stereocenters. The molecular weight excluding hydrogens is 354 g/mol. The minimum Gasteiger partial charge on any atom is -0.506 e. The number of nitro groups is 1. The Kier molecular flexibility index (Phi) is 5.87. The predicted molar refractivity (Wildman–Crippen MR) is 95.7 cm³/mol. The van der Waals surface area contributed by atoms with Gasteiger partial charge in [-0.3, -0.25) is 19.5 Å². The minimum atomic E-state index is -0.657. The van der Waals surface area contributed by atoms with Crippen molar-refractivity contribution >= 4 is 17.1 Å². The van der Waals surface area contributed by atoms with Crippen molar-refractivity contribution < 1.29 is 15.1 Å². The molecule has 0 bridgehead atoms. The number of unbranched alkanes of at least 4 members (excludes halogenated alkanes) is 1. The van der Waals surface area contributed by atoms with Crippen molar-refractivity contribution in [3.05, 3.63) is 49.8 Å². The van der Waals surface area contributed by atoms with Gasteiger partial charge in [-0.15, -0.1) is 10.2 Å². The molecule has 0 spiro atoms. The third kappa shape index (κ3) is 3.92. The summed E-state index contributed by atoms with van der Waals surface area (Å²) < 4.78 is 1.04. The summed E-state index contributed by atoms with van der Waals surface area (Å²) in [6.07, 6.45) is 1.36. The molecule has 1 aromatic carbocycles. The summed E-state index contributed by atoms with van der Waals surface area (Å²) in [5.41, 5.74) is -1.32. The van der Waals surface area contributed by atoms with Crippen LogP contribution in [0.15, 0.2) is 33.2 Å². The number of aromatic hydroxyl groups is 2. The topological polar surface area (TPSA) is 154 Å². The summed E-state index contributed by atoms with van der Waals surface area (Å²) in [6, 6.07) is 5.04. The van der Waals surface area contributed by atoms with E-state index in [-0.39, 0.29) is 40.5 Å². The van der Waals surface area contributed by atoms with Crippen molar-refractivity contribution in [1.82, 2.24) is 4.57 Å². The first-order chi connectivity index (χ1) is 12.8. The molecule has 0 amide bonds. The second-order valence-corrected chi connectivity index (χ2v) is 5.72. The van der Waals surface area contributed by atoms with Crippen LogP contribution in [0.3, 0.4) is 0 Å². The first-order valence-corrected chi connectivity index (χ1v) is 8.07. The molecule has 0 saturated heterocycles. The molecule has 10 heteroatoms. The maximum Gasteiger partial charge on any atom is 0.281 e. The van der Waals surface area contributed by atoms with E-state index in [2.05, 4.69) is 10.2 Å². The largest absolute Gasteiger partial charge is 0.506 e. The van der Waals surface area contributed by atoms with Gasteiger partial charge in [0.15, 0.2) is 5.69 Å². The number of hydrogen-bond acceptors (Lipinski definition) is 8. The highest BCUT2D eigenvalue weighted by atomic mass is 16.6. The lowest BCUT2D eigenvalue weighted by Gasteiger charge is -2.12. The summed E-state index contributed by atoms with van der Waals surface area (Å²) >= 11 is 0. The fourth-order valence-electron chi connectivity index (χ4n) is 2.39. The summed E-state index contributed by atoms with van der Waals surface area (Å²) in [7, 11) is 0. The Morgan fingerprint density at radius 1 is 1.33 bits per heavy atom. The lowest BCUT2D eigenvalue weighted by Crippen LogP contribution is -2.22. The number of azo groups is 1. The van der Waals surface area contributed by atoms with Gasteiger partial charge < -0.3 is 10.2 Å². The Morgan fingerprint density at radius 2 is 2.04 bits per heavy atom. The highest BCUT2D eigenvalue weighted by Gasteiger charge is 2.19. The number of rotatable bonds is 6. The minimum absolute atomic E-state index is 0.108. The zero-order valence-electron chi connectivity index (χ0n) is 14.7. The van der Waals surface area contributed by atoms with E-state index < -0.39 is 16.4 Å². The van der Waals surface area contributed by atoms with Crippen molar-refractivity contribution in [2.75, 3.05) is 0 Å². The van der Waals surface area contributed by atoms with Crippen LogP contribution >= 0.6 is 0 Å². The maximum absolute atomic E-state index is 12.6. The van der Waals surface area contributed by atoms with Gasteiger partial charge in [0.25, 0.3) is 11.2 Å². The molecule has 0 saturated carbocycles. The Bertz CT molecular complexity index is 1020. The van der Waals surface area contributed by atoms with E-state index in [1.165, 1.54) is 6.92 Å². The standard InChI is InChI=1S/C17H17N5O5/c1-3-4-7-21-16(24)12(9-18)10(2)15(17(21)25)20-19-13-8-11(22(26)27)5-6-14(13)23/h5-6,8,23-24H,3-4,7H2,1-2H3. The van der Waals surface area contributed by atoms with E-state index in [9.17, 15) is 30.4 Å². The van der Waals surface area contributed by atoms with Crippen LogP contribution in [0.1, 0.15) is 30.9 Å². The number of phenols is 1. The van der Waals surface area contributed by atoms with Crippen molar-refractivity contribution in [3.8, 4) is 17.7 Å². The fraction of sp³-hybridized carbons (Fsp3) is 0.294. The van der Waals surface area contributed by atoms with Crippen LogP contribution in [0.25, 0.3) is 0 Å². The second kappa shape index (κ2) is 8.09. The summed E-state index contributed by atoms with van der Waals surface area (Å²) in [4.78, 5) is 22.8. The molecule has 2 rings (SSSR count). The van der Waals surface area contributed by atoms with Gasteiger partial charge in [0.05, 0.1) is 4.92 Å². The first-order valence-electron chi connectivity index (χ1n) is 8.07. The molecule has 0 fully saturated rings. The van der Waals surface area contributed by atoms with E-state index in [1.807, 2.05) is 13.0 Å². The van der Waals surface area contributed by atoms with Crippen molar-refractivity contribution in [1.29, 1.82) is 5.26 Å². The number of nitrogens with zero attached hydrogens (tertiary/aromatic N) is 5. The smallest absolute Gasteiger partial charge is 0.281 e. The highest BCUT2D eigenvalue weighted by molar-refractivity contribution is 5.59. The second-order valence-electron chi connectivity index (χ2n) is 5.72. The van der Waals surface area contributed by atoms with E-state index in [1.54, 1.807) is 0 Å². The van der Waals surface area contributed by atoms with Gasteiger partial charge in [0.1, 0.15) is 23.1 Å². The van der Waals surface area contributed by atoms with Crippen molar-refractivity contribution in [2.24, 2.45) is 10.2 Å². The van der Waals surface area contributed by atoms with Crippen LogP contribution in [0.2, 0.25) is 0 Å². The van der Waals surface area contributed by atoms with Gasteiger partial charge in [-0.2, -0.15) is 5.26 Å². The Morgan fingerprint density at radius 3 is 2.63 bits per heavy atom. The van der Waals surface area contributed by atoms with Crippen LogP contribution < -0.4 is 5.56 Å². The van der Waals surface area contributed by atoms with Gasteiger partial charge in [-0.25, -0.2) is 0 Å². The monoisotopic (exact) mass is 371 g/mol. The number of aromatic nitrogens is 1. The molecule has 0 aliphatic carbocycles. The van der Waals surface area contributed by atoms with Crippen molar-refractivity contribution in [3.63, 3.8) is 0 Å². The summed E-state index contributed by atoms with van der Waals surface area (Å²) in [6.45, 7) is 3.54. The number of nitro benzene ring substituents is 1. The number of hydrogen-bond donors (Lipinski definition) is 2. The van der Waals surface area contributed by atoms with Gasteiger partial charge in [-0.05, 0) is 19.4 Å².